The van der Waals surface area contributed by atoms with Gasteiger partial charge in [-0.25, -0.2) is 0 Å². The summed E-state index contributed by atoms with van der Waals surface area (Å²) in [4.78, 5) is 0. The maximum absolute atomic E-state index is 6.05. The van der Waals surface area contributed by atoms with Gasteiger partial charge in [0.2, 0.25) is 0 Å². The molecule has 2 aromatic rings. The highest BCUT2D eigenvalue weighted by molar-refractivity contribution is 5.84. The first-order valence-corrected chi connectivity index (χ1v) is 7.45. The van der Waals surface area contributed by atoms with Crippen LogP contribution in [0.3, 0.4) is 0 Å². The molecule has 0 unspecified atom stereocenters. The van der Waals surface area contributed by atoms with Crippen molar-refractivity contribution in [2.45, 2.75) is 45.1 Å². The largest absolute Gasteiger partial charge is 0.487 e. The van der Waals surface area contributed by atoms with E-state index >= 15 is 0 Å². The molecule has 108 valence electrons. The lowest BCUT2D eigenvalue weighted by molar-refractivity contribution is 0.133. The molecule has 1 saturated heterocycles. The number of nitrogens with one attached hydrogen (secondary N) is 1. The van der Waals surface area contributed by atoms with Crippen molar-refractivity contribution < 1.29 is 9.15 Å². The van der Waals surface area contributed by atoms with Crippen LogP contribution >= 0.6 is 0 Å². The number of ether oxygens (including phenoxy) is 1. The molecule has 3 rings (SSSR count). The van der Waals surface area contributed by atoms with E-state index in [2.05, 4.69) is 32.2 Å². The van der Waals surface area contributed by atoms with E-state index in [0.29, 0.717) is 5.92 Å². The molecule has 1 aliphatic heterocycles. The van der Waals surface area contributed by atoms with E-state index in [-0.39, 0.29) is 5.60 Å². The van der Waals surface area contributed by atoms with Crippen LogP contribution in [0.25, 0.3) is 11.0 Å². The van der Waals surface area contributed by atoms with Crippen molar-refractivity contribution in [2.24, 2.45) is 0 Å². The van der Waals surface area contributed by atoms with Gasteiger partial charge in [-0.15, -0.1) is 0 Å². The first kappa shape index (κ1) is 13.5. The molecule has 3 heteroatoms. The molecule has 3 nitrogen and oxygen atoms in total. The summed E-state index contributed by atoms with van der Waals surface area (Å²) >= 11 is 0. The van der Waals surface area contributed by atoms with Gasteiger partial charge in [-0.1, -0.05) is 6.07 Å². The van der Waals surface area contributed by atoms with Gasteiger partial charge in [0.1, 0.15) is 22.7 Å². The minimum atomic E-state index is -0.194. The topological polar surface area (TPSA) is 34.4 Å². The molecule has 0 saturated carbocycles. The smallest absolute Gasteiger partial charge is 0.138 e. The van der Waals surface area contributed by atoms with Gasteiger partial charge >= 0.3 is 0 Å². The van der Waals surface area contributed by atoms with E-state index in [1.807, 2.05) is 18.2 Å². The predicted octanol–water partition coefficient (Wildman–Crippen LogP) is 4.08. The minimum Gasteiger partial charge on any atom is -0.487 e. The first-order chi connectivity index (χ1) is 9.53. The normalized spacial score (nSPS) is 17.6. The number of furan rings is 1. The summed E-state index contributed by atoms with van der Waals surface area (Å²) in [6.07, 6.45) is 2.30. The zero-order chi connectivity index (χ0) is 14.2. The fourth-order valence-corrected chi connectivity index (χ4v) is 2.78. The molecular formula is C17H23NO2. The lowest BCUT2D eigenvalue weighted by atomic mass is 9.95. The molecule has 1 aromatic carbocycles. The molecule has 1 fully saturated rings. The average Bonchev–Trinajstić information content (AvgIpc) is 2.83. The quantitative estimate of drug-likeness (QED) is 0.895. The fourth-order valence-electron chi connectivity index (χ4n) is 2.78. The molecule has 1 aromatic heterocycles. The standard InChI is InChI=1S/C17H23NO2/c1-17(2,3)20-15-6-4-5-14-13(15)11-16(19-14)12-7-9-18-10-8-12/h4-6,11-12,18H,7-10H2,1-3H3. The van der Waals surface area contributed by atoms with Gasteiger partial charge in [0.15, 0.2) is 0 Å². The van der Waals surface area contributed by atoms with Crippen LogP contribution < -0.4 is 10.1 Å². The summed E-state index contributed by atoms with van der Waals surface area (Å²) in [5.41, 5.74) is 0.737. The summed E-state index contributed by atoms with van der Waals surface area (Å²) in [7, 11) is 0. The number of fused-ring (bicyclic) bond motifs is 1. The van der Waals surface area contributed by atoms with Crippen LogP contribution in [0.15, 0.2) is 28.7 Å². The Hall–Kier alpha value is -1.48. The number of rotatable bonds is 2. The number of hydrogen-bond acceptors (Lipinski definition) is 3. The molecule has 0 atom stereocenters. The summed E-state index contributed by atoms with van der Waals surface area (Å²) in [6, 6.07) is 8.22. The third-order valence-corrected chi connectivity index (χ3v) is 3.70. The van der Waals surface area contributed by atoms with Crippen LogP contribution in [-0.2, 0) is 0 Å². The minimum absolute atomic E-state index is 0.194. The molecule has 0 aliphatic carbocycles. The second kappa shape index (κ2) is 5.13. The lowest BCUT2D eigenvalue weighted by Crippen LogP contribution is -2.26. The van der Waals surface area contributed by atoms with Crippen molar-refractivity contribution >= 4 is 11.0 Å². The van der Waals surface area contributed by atoms with E-state index in [9.17, 15) is 0 Å². The third-order valence-electron chi connectivity index (χ3n) is 3.70. The lowest BCUT2D eigenvalue weighted by Gasteiger charge is -2.21. The number of benzene rings is 1. The van der Waals surface area contributed by atoms with Crippen LogP contribution in [0.2, 0.25) is 0 Å². The number of piperidine rings is 1. The van der Waals surface area contributed by atoms with E-state index < -0.39 is 0 Å². The van der Waals surface area contributed by atoms with Crippen LogP contribution in [-0.4, -0.2) is 18.7 Å². The molecule has 0 spiro atoms. The Morgan fingerprint density at radius 3 is 2.65 bits per heavy atom. The summed E-state index contributed by atoms with van der Waals surface area (Å²) in [5.74, 6) is 2.55. The van der Waals surface area contributed by atoms with E-state index in [1.54, 1.807) is 0 Å². The van der Waals surface area contributed by atoms with Crippen molar-refractivity contribution in [2.75, 3.05) is 13.1 Å². The summed E-state index contributed by atoms with van der Waals surface area (Å²) in [6.45, 7) is 8.36. The van der Waals surface area contributed by atoms with Crippen LogP contribution in [0.4, 0.5) is 0 Å². The highest BCUT2D eigenvalue weighted by atomic mass is 16.5. The molecule has 0 bridgehead atoms. The zero-order valence-electron chi connectivity index (χ0n) is 12.5. The third kappa shape index (κ3) is 2.83. The van der Waals surface area contributed by atoms with E-state index in [0.717, 1.165) is 48.4 Å². The van der Waals surface area contributed by atoms with Crippen molar-refractivity contribution in [1.82, 2.24) is 5.32 Å². The Labute approximate surface area is 120 Å². The van der Waals surface area contributed by atoms with Gasteiger partial charge in [0, 0.05) is 5.92 Å². The SMILES string of the molecule is CC(C)(C)Oc1cccc2oc(C3CCNCC3)cc12. The van der Waals surface area contributed by atoms with Crippen LogP contribution in [0.1, 0.15) is 45.3 Å². The van der Waals surface area contributed by atoms with E-state index in [1.165, 1.54) is 0 Å². The predicted molar refractivity (Wildman–Crippen MR) is 81.4 cm³/mol. The van der Waals surface area contributed by atoms with Gasteiger partial charge in [0.05, 0.1) is 5.39 Å². The maximum atomic E-state index is 6.05. The van der Waals surface area contributed by atoms with Gasteiger partial charge in [-0.2, -0.15) is 0 Å². The van der Waals surface area contributed by atoms with Crippen LogP contribution in [0.5, 0.6) is 5.75 Å². The van der Waals surface area contributed by atoms with Gasteiger partial charge in [-0.3, -0.25) is 0 Å². The molecule has 1 N–H and O–H groups in total. The number of hydrogen-bond donors (Lipinski definition) is 1. The van der Waals surface area contributed by atoms with E-state index in [4.69, 9.17) is 9.15 Å². The van der Waals surface area contributed by atoms with Crippen LogP contribution in [0, 0.1) is 0 Å². The molecule has 20 heavy (non-hydrogen) atoms. The molecule has 0 amide bonds. The average molecular weight is 273 g/mol. The highest BCUT2D eigenvalue weighted by Gasteiger charge is 2.21. The van der Waals surface area contributed by atoms with Gasteiger partial charge in [0.25, 0.3) is 0 Å². The van der Waals surface area contributed by atoms with Crippen molar-refractivity contribution in [3.8, 4) is 5.75 Å². The zero-order valence-corrected chi connectivity index (χ0v) is 12.5. The molecule has 1 aliphatic rings. The first-order valence-electron chi connectivity index (χ1n) is 7.45. The molecule has 0 radical (unpaired) electrons. The monoisotopic (exact) mass is 273 g/mol. The van der Waals surface area contributed by atoms with Crippen molar-refractivity contribution in [3.05, 3.63) is 30.0 Å². The molecular weight excluding hydrogens is 250 g/mol. The second-order valence-corrected chi connectivity index (χ2v) is 6.56. The molecule has 2 heterocycles. The Bertz CT molecular complexity index is 589. The Balaban J connectivity index is 1.95. The Kier molecular flexibility index (Phi) is 3.47. The Morgan fingerprint density at radius 2 is 1.95 bits per heavy atom. The van der Waals surface area contributed by atoms with Gasteiger partial charge in [-0.05, 0) is 64.9 Å². The second-order valence-electron chi connectivity index (χ2n) is 6.56. The van der Waals surface area contributed by atoms with Gasteiger partial charge < -0.3 is 14.5 Å². The summed E-state index contributed by atoms with van der Waals surface area (Å²) in [5, 5.41) is 4.49. The van der Waals surface area contributed by atoms with Crippen molar-refractivity contribution in [3.63, 3.8) is 0 Å². The van der Waals surface area contributed by atoms with Crippen molar-refractivity contribution in [1.29, 1.82) is 0 Å². The summed E-state index contributed by atoms with van der Waals surface area (Å²) < 4.78 is 12.1. The highest BCUT2D eigenvalue weighted by Crippen LogP contribution is 2.35. The maximum Gasteiger partial charge on any atom is 0.138 e. The fraction of sp³-hybridized carbons (Fsp3) is 0.529. The Morgan fingerprint density at radius 1 is 1.20 bits per heavy atom.